The molecule has 0 aliphatic rings. The quantitative estimate of drug-likeness (QED) is 0.339. The lowest BCUT2D eigenvalue weighted by Gasteiger charge is -2.33. The summed E-state index contributed by atoms with van der Waals surface area (Å²) in [7, 11) is -3.11. The zero-order chi connectivity index (χ0) is 29.7. The highest BCUT2D eigenvalue weighted by molar-refractivity contribution is 7.92. The summed E-state index contributed by atoms with van der Waals surface area (Å²) in [5.41, 5.74) is -0.0893. The predicted octanol–water partition coefficient (Wildman–Crippen LogP) is 5.42. The highest BCUT2D eigenvalue weighted by atomic mass is 35.5. The van der Waals surface area contributed by atoms with Crippen LogP contribution in [0, 0.1) is 6.92 Å². The maximum absolute atomic E-state index is 13.9. The van der Waals surface area contributed by atoms with Crippen molar-refractivity contribution in [1.82, 2.24) is 10.2 Å². The predicted molar refractivity (Wildman–Crippen MR) is 147 cm³/mol. The fraction of sp³-hybridized carbons (Fsp3) is 0.286. The molecule has 0 saturated carbocycles. The van der Waals surface area contributed by atoms with Gasteiger partial charge in [0.25, 0.3) is 10.0 Å². The van der Waals surface area contributed by atoms with E-state index in [0.717, 1.165) is 23.3 Å². The number of carbonyl (C=O) groups is 2. The molecule has 0 bridgehead atoms. The second-order valence-electron chi connectivity index (χ2n) is 8.97. The summed E-state index contributed by atoms with van der Waals surface area (Å²) >= 11 is 5.78. The van der Waals surface area contributed by atoms with E-state index in [2.05, 4.69) is 5.32 Å². The maximum atomic E-state index is 13.9. The molecule has 0 aromatic heterocycles. The van der Waals surface area contributed by atoms with E-state index < -0.39 is 56.9 Å². The molecular weight excluding hydrogens is 567 g/mol. The number of amides is 2. The molecule has 214 valence electrons. The van der Waals surface area contributed by atoms with Crippen molar-refractivity contribution in [2.24, 2.45) is 0 Å². The topological polar surface area (TPSA) is 86.8 Å². The first-order valence-electron chi connectivity index (χ1n) is 12.3. The number of halogens is 4. The van der Waals surface area contributed by atoms with Gasteiger partial charge in [0.05, 0.1) is 21.2 Å². The summed E-state index contributed by atoms with van der Waals surface area (Å²) < 4.78 is 69.2. The number of hydrogen-bond donors (Lipinski definition) is 1. The Kier molecular flexibility index (Phi) is 9.86. The number of aryl methyl sites for hydroxylation is 1. The molecular formula is C28H29ClF3N3O4S. The Morgan fingerprint density at radius 1 is 1.00 bits per heavy atom. The average molecular weight is 596 g/mol. The lowest BCUT2D eigenvalue weighted by atomic mass is 10.1. The number of likely N-dealkylation sites (N-methyl/N-ethyl adjacent to an activating group) is 1. The molecule has 1 N–H and O–H groups in total. The van der Waals surface area contributed by atoms with Crippen molar-refractivity contribution < 1.29 is 31.2 Å². The summed E-state index contributed by atoms with van der Waals surface area (Å²) in [4.78, 5) is 27.7. The van der Waals surface area contributed by atoms with Crippen LogP contribution < -0.4 is 9.62 Å². The van der Waals surface area contributed by atoms with Crippen molar-refractivity contribution in [3.63, 3.8) is 0 Å². The number of benzene rings is 3. The van der Waals surface area contributed by atoms with E-state index in [1.807, 2.05) is 19.1 Å². The fourth-order valence-corrected chi connectivity index (χ4v) is 5.84. The summed E-state index contributed by atoms with van der Waals surface area (Å²) in [5.74, 6) is -1.24. The Morgan fingerprint density at radius 3 is 2.20 bits per heavy atom. The fourth-order valence-electron chi connectivity index (χ4n) is 4.19. The molecule has 2 amide bonds. The Morgan fingerprint density at radius 2 is 1.62 bits per heavy atom. The SMILES string of the molecule is CC[C@H](C(=O)NC)N(Cc1ccccc1C)C(=O)CN(c1ccc(Cl)c(C(F)(F)F)c1)S(=O)(=O)c1ccccc1. The van der Waals surface area contributed by atoms with Gasteiger partial charge in [-0.2, -0.15) is 13.2 Å². The number of nitrogens with zero attached hydrogens (tertiary/aromatic N) is 2. The first kappa shape index (κ1) is 31.0. The molecule has 3 aromatic rings. The average Bonchev–Trinajstić information content (AvgIpc) is 2.92. The Balaban J connectivity index is 2.15. The minimum Gasteiger partial charge on any atom is -0.357 e. The van der Waals surface area contributed by atoms with Gasteiger partial charge in [0.1, 0.15) is 12.6 Å². The van der Waals surface area contributed by atoms with Crippen molar-refractivity contribution in [3.05, 3.63) is 94.5 Å². The number of nitrogens with one attached hydrogen (secondary N) is 1. The van der Waals surface area contributed by atoms with Crippen molar-refractivity contribution in [1.29, 1.82) is 0 Å². The highest BCUT2D eigenvalue weighted by Crippen LogP contribution is 2.38. The number of anilines is 1. The van der Waals surface area contributed by atoms with E-state index in [-0.39, 0.29) is 17.9 Å². The van der Waals surface area contributed by atoms with Crippen LogP contribution in [0.25, 0.3) is 0 Å². The molecule has 40 heavy (non-hydrogen) atoms. The first-order valence-corrected chi connectivity index (χ1v) is 14.1. The van der Waals surface area contributed by atoms with Gasteiger partial charge in [0, 0.05) is 13.6 Å². The second-order valence-corrected chi connectivity index (χ2v) is 11.2. The number of rotatable bonds is 10. The molecule has 0 radical (unpaired) electrons. The smallest absolute Gasteiger partial charge is 0.357 e. The molecule has 0 unspecified atom stereocenters. The van der Waals surface area contributed by atoms with Crippen LogP contribution in [0.1, 0.15) is 30.0 Å². The van der Waals surface area contributed by atoms with E-state index in [0.29, 0.717) is 10.4 Å². The molecule has 12 heteroatoms. The molecule has 3 rings (SSSR count). The number of hydrogen-bond acceptors (Lipinski definition) is 4. The molecule has 0 fully saturated rings. The van der Waals surface area contributed by atoms with Crippen LogP contribution in [0.3, 0.4) is 0 Å². The van der Waals surface area contributed by atoms with E-state index in [1.165, 1.54) is 36.2 Å². The van der Waals surface area contributed by atoms with Crippen molar-refractivity contribution in [2.75, 3.05) is 17.9 Å². The van der Waals surface area contributed by atoms with Crippen molar-refractivity contribution in [2.45, 2.75) is 43.9 Å². The molecule has 1 atom stereocenters. The summed E-state index contributed by atoms with van der Waals surface area (Å²) in [6.45, 7) is 2.64. The van der Waals surface area contributed by atoms with Gasteiger partial charge in [-0.05, 0) is 54.8 Å². The van der Waals surface area contributed by atoms with Gasteiger partial charge in [-0.25, -0.2) is 8.42 Å². The van der Waals surface area contributed by atoms with Gasteiger partial charge >= 0.3 is 6.18 Å². The second kappa shape index (κ2) is 12.7. The lowest BCUT2D eigenvalue weighted by molar-refractivity contribution is -0.140. The molecule has 0 spiro atoms. The molecule has 0 saturated heterocycles. The van der Waals surface area contributed by atoms with Gasteiger partial charge in [-0.1, -0.05) is 61.0 Å². The summed E-state index contributed by atoms with van der Waals surface area (Å²) in [5, 5.41) is 1.90. The third kappa shape index (κ3) is 6.95. The van der Waals surface area contributed by atoms with Crippen LogP contribution in [0.4, 0.5) is 18.9 Å². The number of sulfonamides is 1. The zero-order valence-corrected chi connectivity index (χ0v) is 23.6. The third-order valence-electron chi connectivity index (χ3n) is 6.39. The Labute approximate surface area is 236 Å². The molecule has 0 heterocycles. The van der Waals surface area contributed by atoms with Crippen molar-refractivity contribution >= 4 is 39.1 Å². The van der Waals surface area contributed by atoms with E-state index in [1.54, 1.807) is 25.1 Å². The lowest BCUT2D eigenvalue weighted by Crippen LogP contribution is -2.51. The number of alkyl halides is 3. The largest absolute Gasteiger partial charge is 0.417 e. The van der Waals surface area contributed by atoms with Gasteiger partial charge in [-0.15, -0.1) is 0 Å². The van der Waals surface area contributed by atoms with Crippen LogP contribution in [0.15, 0.2) is 77.7 Å². The van der Waals surface area contributed by atoms with Gasteiger partial charge in [0.2, 0.25) is 11.8 Å². The summed E-state index contributed by atoms with van der Waals surface area (Å²) in [6, 6.07) is 15.9. The normalized spacial score (nSPS) is 12.5. The van der Waals surface area contributed by atoms with Gasteiger partial charge in [0.15, 0.2) is 0 Å². The molecule has 3 aromatic carbocycles. The molecule has 0 aliphatic heterocycles. The molecule has 7 nitrogen and oxygen atoms in total. The Bertz CT molecular complexity index is 1470. The van der Waals surface area contributed by atoms with E-state index in [9.17, 15) is 31.2 Å². The van der Waals surface area contributed by atoms with Gasteiger partial charge in [-0.3, -0.25) is 13.9 Å². The first-order chi connectivity index (χ1) is 18.8. The van der Waals surface area contributed by atoms with Crippen LogP contribution in [-0.2, 0) is 32.3 Å². The minimum absolute atomic E-state index is 0.0227. The highest BCUT2D eigenvalue weighted by Gasteiger charge is 2.37. The van der Waals surface area contributed by atoms with E-state index in [4.69, 9.17) is 11.6 Å². The van der Waals surface area contributed by atoms with Gasteiger partial charge < -0.3 is 10.2 Å². The third-order valence-corrected chi connectivity index (χ3v) is 8.51. The standard InChI is InChI=1S/C28H29ClF3N3O4S/c1-4-25(27(37)33-3)34(17-20-11-9-8-10-19(20)2)26(36)18-35(40(38,39)22-12-6-5-7-13-22)21-14-15-24(29)23(16-21)28(30,31)32/h5-16,25H,4,17-18H2,1-3H3,(H,33,37)/t25-/m1/s1. The maximum Gasteiger partial charge on any atom is 0.417 e. The van der Waals surface area contributed by atoms with Crippen LogP contribution in [0.5, 0.6) is 0 Å². The molecule has 0 aliphatic carbocycles. The van der Waals surface area contributed by atoms with Crippen molar-refractivity contribution in [3.8, 4) is 0 Å². The zero-order valence-electron chi connectivity index (χ0n) is 22.1. The Hall–Kier alpha value is -3.57. The minimum atomic E-state index is -4.87. The van der Waals surface area contributed by atoms with Crippen LogP contribution in [-0.4, -0.2) is 44.8 Å². The van der Waals surface area contributed by atoms with Crippen LogP contribution in [0.2, 0.25) is 5.02 Å². The monoisotopic (exact) mass is 595 g/mol. The van der Waals surface area contributed by atoms with Crippen LogP contribution >= 0.6 is 11.6 Å². The van der Waals surface area contributed by atoms with E-state index >= 15 is 0 Å². The number of carbonyl (C=O) groups excluding carboxylic acids is 2. The summed E-state index contributed by atoms with van der Waals surface area (Å²) in [6.07, 6.45) is -4.66.